The topological polar surface area (TPSA) is 158 Å². The molecule has 2 heterocycles. The predicted octanol–water partition coefficient (Wildman–Crippen LogP) is 1.97. The van der Waals surface area contributed by atoms with E-state index < -0.39 is 62.1 Å². The molecule has 0 saturated carbocycles. The normalized spacial score (nSPS) is 27.1. The third kappa shape index (κ3) is 7.70. The van der Waals surface area contributed by atoms with Gasteiger partial charge < -0.3 is 28.8 Å². The fraction of sp³-hybridized carbons (Fsp3) is 0.522. The van der Waals surface area contributed by atoms with Gasteiger partial charge >= 0.3 is 13.7 Å². The van der Waals surface area contributed by atoms with E-state index in [9.17, 15) is 24.4 Å². The zero-order valence-electron chi connectivity index (χ0n) is 20.9. The van der Waals surface area contributed by atoms with E-state index in [4.69, 9.17) is 18.5 Å². The van der Waals surface area contributed by atoms with Gasteiger partial charge in [-0.15, -0.1) is 0 Å². The Bertz CT molecular complexity index is 1060. The standard InChI is InChI=1S/C23H34N3O9P/c1-7-9-17(10-8-2)35-36(31,25-16(5)21(29)33-15(3)4)32-13-18-20(28)23(6,30)22(34-18)26-12-11-19(27)24-14-26/h7-12,14-16,18,20,22,28,30H,1,13H2,2-6H3,(H,25,31)/b10-8-,17-9+/t16-,18+,20+,22+,23+,36-/m0/s1. The first-order valence-electron chi connectivity index (χ1n) is 11.3. The minimum Gasteiger partial charge on any atom is -0.462 e. The van der Waals surface area contributed by atoms with Crippen LogP contribution in [0.1, 0.15) is 40.8 Å². The number of esters is 1. The van der Waals surface area contributed by atoms with Crippen LogP contribution in [0.3, 0.4) is 0 Å². The molecule has 0 aromatic carbocycles. The molecule has 6 atom stereocenters. The SMILES string of the molecule is C=C/C=C(\C=C/C)O[P@](=O)(N[C@@H](C)C(=O)OC(C)C)OC[C@H]1O[C@@H](n2ccc(=O)nc2)[C@](C)(O)[C@@H]1O. The Balaban J connectivity index is 2.25. The first-order chi connectivity index (χ1) is 16.8. The van der Waals surface area contributed by atoms with Crippen molar-refractivity contribution in [3.05, 3.63) is 65.6 Å². The lowest BCUT2D eigenvalue weighted by Crippen LogP contribution is -2.44. The molecule has 200 valence electrons. The molecule has 1 aromatic heterocycles. The molecule has 3 N–H and O–H groups in total. The maximum Gasteiger partial charge on any atom is 0.459 e. The Labute approximate surface area is 209 Å². The molecule has 1 aromatic rings. The van der Waals surface area contributed by atoms with Crippen LogP contribution in [0, 0.1) is 0 Å². The number of nitrogens with zero attached hydrogens (tertiary/aromatic N) is 2. The molecular weight excluding hydrogens is 493 g/mol. The summed E-state index contributed by atoms with van der Waals surface area (Å²) >= 11 is 0. The molecule has 0 spiro atoms. The van der Waals surface area contributed by atoms with Gasteiger partial charge in [0.1, 0.15) is 35.9 Å². The summed E-state index contributed by atoms with van der Waals surface area (Å²) in [4.78, 5) is 27.2. The first kappa shape index (κ1) is 29.6. The molecule has 1 saturated heterocycles. The summed E-state index contributed by atoms with van der Waals surface area (Å²) in [5.74, 6) is -0.548. The third-order valence-electron chi connectivity index (χ3n) is 5.04. The van der Waals surface area contributed by atoms with Crippen molar-refractivity contribution in [2.24, 2.45) is 0 Å². The number of rotatable bonds is 12. The van der Waals surface area contributed by atoms with Crippen molar-refractivity contribution in [1.29, 1.82) is 0 Å². The van der Waals surface area contributed by atoms with E-state index in [1.54, 1.807) is 26.8 Å². The first-order valence-corrected chi connectivity index (χ1v) is 12.8. The van der Waals surface area contributed by atoms with Crippen LogP contribution in [0.25, 0.3) is 0 Å². The predicted molar refractivity (Wildman–Crippen MR) is 131 cm³/mol. The van der Waals surface area contributed by atoms with Crippen LogP contribution in [0.2, 0.25) is 0 Å². The average Bonchev–Trinajstić information content (AvgIpc) is 3.01. The maximum atomic E-state index is 13.7. The number of allylic oxidation sites excluding steroid dienone is 4. The maximum absolute atomic E-state index is 13.7. The van der Waals surface area contributed by atoms with Gasteiger partial charge in [0, 0.05) is 12.3 Å². The largest absolute Gasteiger partial charge is 0.462 e. The van der Waals surface area contributed by atoms with Crippen molar-refractivity contribution in [1.82, 2.24) is 14.6 Å². The van der Waals surface area contributed by atoms with Crippen LogP contribution in [-0.4, -0.2) is 62.3 Å². The number of carbonyl (C=O) groups is 1. The molecule has 0 radical (unpaired) electrons. The van der Waals surface area contributed by atoms with Gasteiger partial charge in [-0.3, -0.25) is 14.1 Å². The van der Waals surface area contributed by atoms with Crippen molar-refractivity contribution < 1.29 is 38.1 Å². The zero-order valence-corrected chi connectivity index (χ0v) is 21.8. The summed E-state index contributed by atoms with van der Waals surface area (Å²) in [5, 5.41) is 24.1. The van der Waals surface area contributed by atoms with Gasteiger partial charge in [-0.1, -0.05) is 18.7 Å². The Hall–Kier alpha value is -2.60. The van der Waals surface area contributed by atoms with Gasteiger partial charge in [-0.05, 0) is 46.8 Å². The summed E-state index contributed by atoms with van der Waals surface area (Å²) < 4.78 is 37.0. The highest BCUT2D eigenvalue weighted by molar-refractivity contribution is 7.51. The number of aliphatic hydroxyl groups excluding tert-OH is 1. The van der Waals surface area contributed by atoms with Crippen LogP contribution in [0.5, 0.6) is 0 Å². The highest BCUT2D eigenvalue weighted by Crippen LogP contribution is 2.48. The van der Waals surface area contributed by atoms with Crippen molar-refractivity contribution in [3.8, 4) is 0 Å². The molecule has 0 amide bonds. The minimum atomic E-state index is -4.26. The molecule has 36 heavy (non-hydrogen) atoms. The van der Waals surface area contributed by atoms with Crippen molar-refractivity contribution in [2.45, 2.75) is 70.8 Å². The molecule has 0 unspecified atom stereocenters. The highest BCUT2D eigenvalue weighted by Gasteiger charge is 2.53. The van der Waals surface area contributed by atoms with Crippen LogP contribution < -0.4 is 10.6 Å². The van der Waals surface area contributed by atoms with Crippen LogP contribution in [-0.2, 0) is 27.9 Å². The summed E-state index contributed by atoms with van der Waals surface area (Å²) in [6.45, 7) is 10.9. The van der Waals surface area contributed by atoms with Crippen LogP contribution in [0.15, 0.2) is 60.0 Å². The third-order valence-corrected chi connectivity index (χ3v) is 6.68. The Kier molecular flexibility index (Phi) is 10.4. The molecule has 0 bridgehead atoms. The molecule has 1 aliphatic heterocycles. The van der Waals surface area contributed by atoms with E-state index in [0.29, 0.717) is 0 Å². The summed E-state index contributed by atoms with van der Waals surface area (Å²) in [6.07, 6.45) is 4.38. The molecule has 12 nitrogen and oxygen atoms in total. The highest BCUT2D eigenvalue weighted by atomic mass is 31.2. The zero-order chi connectivity index (χ0) is 27.1. The van der Waals surface area contributed by atoms with Gasteiger partial charge in [-0.25, -0.2) is 4.57 Å². The number of carbonyl (C=O) groups excluding carboxylic acids is 1. The summed E-state index contributed by atoms with van der Waals surface area (Å²) in [6, 6.07) is 0.0971. The van der Waals surface area contributed by atoms with E-state index in [1.165, 1.54) is 55.2 Å². The summed E-state index contributed by atoms with van der Waals surface area (Å²) in [7, 11) is -4.26. The van der Waals surface area contributed by atoms with Gasteiger partial charge in [0.25, 0.3) is 5.56 Å². The monoisotopic (exact) mass is 527 g/mol. The minimum absolute atomic E-state index is 0.129. The number of hydrogen-bond donors (Lipinski definition) is 3. The Morgan fingerprint density at radius 2 is 2.14 bits per heavy atom. The van der Waals surface area contributed by atoms with E-state index in [1.807, 2.05) is 0 Å². The van der Waals surface area contributed by atoms with E-state index in [-0.39, 0.29) is 5.76 Å². The van der Waals surface area contributed by atoms with E-state index in [2.05, 4.69) is 16.7 Å². The Morgan fingerprint density at radius 3 is 2.69 bits per heavy atom. The Morgan fingerprint density at radius 1 is 1.44 bits per heavy atom. The fourth-order valence-electron chi connectivity index (χ4n) is 3.32. The molecule has 2 rings (SSSR count). The molecule has 1 aliphatic rings. The quantitative estimate of drug-likeness (QED) is 0.158. The summed E-state index contributed by atoms with van der Waals surface area (Å²) in [5.41, 5.74) is -2.29. The van der Waals surface area contributed by atoms with Gasteiger partial charge in [0.15, 0.2) is 6.23 Å². The lowest BCUT2D eigenvalue weighted by atomic mass is 9.96. The van der Waals surface area contributed by atoms with Crippen molar-refractivity contribution >= 4 is 13.7 Å². The molecule has 1 fully saturated rings. The van der Waals surface area contributed by atoms with Crippen molar-refractivity contribution in [3.63, 3.8) is 0 Å². The second-order valence-electron chi connectivity index (χ2n) is 8.57. The molecule has 0 aliphatic carbocycles. The number of nitrogens with one attached hydrogen (secondary N) is 1. The number of aliphatic hydroxyl groups is 2. The van der Waals surface area contributed by atoms with Crippen LogP contribution >= 0.6 is 7.75 Å². The van der Waals surface area contributed by atoms with Crippen LogP contribution in [0.4, 0.5) is 0 Å². The van der Waals surface area contributed by atoms with Crippen molar-refractivity contribution in [2.75, 3.05) is 6.61 Å². The molecule has 13 heteroatoms. The number of ether oxygens (including phenoxy) is 2. The second kappa shape index (κ2) is 12.6. The average molecular weight is 528 g/mol. The van der Waals surface area contributed by atoms with Gasteiger partial charge in [0.2, 0.25) is 0 Å². The van der Waals surface area contributed by atoms with Gasteiger partial charge in [0.05, 0.1) is 12.7 Å². The lowest BCUT2D eigenvalue weighted by Gasteiger charge is -2.27. The number of aromatic nitrogens is 2. The lowest BCUT2D eigenvalue weighted by molar-refractivity contribution is -0.149. The van der Waals surface area contributed by atoms with E-state index in [0.717, 1.165) is 0 Å². The van der Waals surface area contributed by atoms with E-state index >= 15 is 0 Å². The smallest absolute Gasteiger partial charge is 0.459 e. The molecular formula is C23H34N3O9P. The fourth-order valence-corrected chi connectivity index (χ4v) is 4.82. The van der Waals surface area contributed by atoms with Gasteiger partial charge in [-0.2, -0.15) is 10.1 Å². The number of hydrogen-bond acceptors (Lipinski definition) is 10. The second-order valence-corrected chi connectivity index (χ2v) is 10.3.